The molecule has 4 saturated heterocycles. The van der Waals surface area contributed by atoms with Gasteiger partial charge in [-0.05, 0) is 112 Å². The number of methoxy groups -OCH3 is 1. The molecule has 0 unspecified atom stereocenters. The smallest absolute Gasteiger partial charge is 0.253 e. The Kier molecular flexibility index (Phi) is 13.3. The number of amides is 3. The van der Waals surface area contributed by atoms with Crippen LogP contribution in [0.4, 0.5) is 5.69 Å². The minimum atomic E-state index is -0.279. The molecule has 2 aromatic heterocycles. The van der Waals surface area contributed by atoms with Gasteiger partial charge >= 0.3 is 0 Å². The first kappa shape index (κ1) is 44.1. The van der Waals surface area contributed by atoms with E-state index in [-0.39, 0.29) is 59.6 Å². The van der Waals surface area contributed by atoms with Gasteiger partial charge in [0, 0.05) is 75.0 Å². The lowest BCUT2D eigenvalue weighted by Gasteiger charge is -2.42. The van der Waals surface area contributed by atoms with Crippen molar-refractivity contribution in [3.8, 4) is 17.2 Å². The Morgan fingerprint density at radius 3 is 2.37 bits per heavy atom. The number of para-hydroxylation sites is 1. The number of anilines is 1. The quantitative estimate of drug-likeness (QED) is 0.0981. The molecule has 338 valence electrons. The van der Waals surface area contributed by atoms with Crippen LogP contribution in [0.2, 0.25) is 5.02 Å². The first-order valence-electron chi connectivity index (χ1n) is 22.8. The molecule has 4 aliphatic heterocycles. The van der Waals surface area contributed by atoms with Crippen LogP contribution in [-0.2, 0) is 20.8 Å². The summed E-state index contributed by atoms with van der Waals surface area (Å²) >= 11 is 6.67. The third kappa shape index (κ3) is 9.79. The molecular formula is C50H54ClN7O7. The van der Waals surface area contributed by atoms with Gasteiger partial charge in [-0.15, -0.1) is 0 Å². The number of halogens is 1. The van der Waals surface area contributed by atoms with Crippen LogP contribution < -0.4 is 14.4 Å². The van der Waals surface area contributed by atoms with Crippen molar-refractivity contribution in [3.05, 3.63) is 107 Å². The number of rotatable bonds is 12. The standard InChI is InChI=1S/C50H54ClN7O7/c1-64-44-12-9-34(26-43(44)58-23-17-36(59)27-46(58)61)50(63)56-21-15-35(16-22-56)55-19-13-32(14-20-55)25-45(60)57-18-5-6-33(30-57)24-42-47-40(29-52-49(47)54-31-53-42)48(62)39-11-10-38(28-41(39)51)65-37-7-3-2-4-8-37/h2-4,7-12,26,28-29,31-33,35H,5-6,13-25,27,30H2,1H3,(H,52,53,54)/t33-/m0/s1. The van der Waals surface area contributed by atoms with Crippen LogP contribution in [0.25, 0.3) is 11.0 Å². The van der Waals surface area contributed by atoms with E-state index in [9.17, 15) is 24.0 Å². The maximum atomic E-state index is 14.0. The highest BCUT2D eigenvalue weighted by atomic mass is 35.5. The van der Waals surface area contributed by atoms with Crippen LogP contribution >= 0.6 is 11.6 Å². The molecule has 14 nitrogen and oxygen atoms in total. The number of carbonyl (C=O) groups is 5. The number of aromatic amines is 1. The summed E-state index contributed by atoms with van der Waals surface area (Å²) in [6.45, 7) is 4.83. The van der Waals surface area contributed by atoms with E-state index in [1.807, 2.05) is 40.1 Å². The number of Topliss-reactive ketones (excluding diaryl/α,β-unsaturated/α-hetero) is 1. The lowest BCUT2D eigenvalue weighted by molar-refractivity contribution is -0.134. The zero-order valence-corrected chi connectivity index (χ0v) is 37.4. The predicted molar refractivity (Wildman–Crippen MR) is 246 cm³/mol. The van der Waals surface area contributed by atoms with Crippen molar-refractivity contribution in [2.75, 3.05) is 57.8 Å². The number of carbonyl (C=O) groups excluding carboxylic acids is 5. The van der Waals surface area contributed by atoms with Gasteiger partial charge in [0.2, 0.25) is 11.8 Å². The molecule has 15 heteroatoms. The van der Waals surface area contributed by atoms with Crippen molar-refractivity contribution >= 4 is 57.6 Å². The number of likely N-dealkylation sites (tertiary alicyclic amines) is 3. The monoisotopic (exact) mass is 899 g/mol. The topological polar surface area (TPSA) is 158 Å². The average Bonchev–Trinajstić information content (AvgIpc) is 3.77. The summed E-state index contributed by atoms with van der Waals surface area (Å²) in [6, 6.07) is 20.0. The second-order valence-electron chi connectivity index (χ2n) is 17.8. The predicted octanol–water partition coefficient (Wildman–Crippen LogP) is 7.53. The molecule has 1 atom stereocenters. The zero-order valence-electron chi connectivity index (χ0n) is 36.7. The SMILES string of the molecule is COc1ccc(C(=O)N2CCC(N3CCC(CC(=O)N4CCC[C@@H](Cc5ncnc6[nH]cc(C(=O)c7ccc(Oc8ccccc8)cc7Cl)c56)C4)CC3)CC2)cc1N1CCC(=O)CC1=O. The van der Waals surface area contributed by atoms with Crippen molar-refractivity contribution < 1.29 is 33.4 Å². The van der Waals surface area contributed by atoms with E-state index in [1.165, 1.54) is 13.4 Å². The zero-order chi connectivity index (χ0) is 45.0. The fourth-order valence-corrected chi connectivity index (χ4v) is 10.4. The molecule has 5 aromatic rings. The van der Waals surface area contributed by atoms with Crippen molar-refractivity contribution in [2.24, 2.45) is 11.8 Å². The molecule has 4 aliphatic rings. The minimum Gasteiger partial charge on any atom is -0.495 e. The number of fused-ring (bicyclic) bond motifs is 1. The van der Waals surface area contributed by atoms with E-state index in [4.69, 9.17) is 21.1 Å². The fraction of sp³-hybridized carbons (Fsp3) is 0.420. The number of piperidine rings is 4. The molecule has 65 heavy (non-hydrogen) atoms. The Labute approximate surface area is 383 Å². The number of nitrogens with one attached hydrogen (secondary N) is 1. The highest BCUT2D eigenvalue weighted by molar-refractivity contribution is 6.35. The number of aromatic nitrogens is 3. The minimum absolute atomic E-state index is 0.0714. The van der Waals surface area contributed by atoms with Crippen LogP contribution in [0.15, 0.2) is 79.3 Å². The second-order valence-corrected chi connectivity index (χ2v) is 18.2. The maximum Gasteiger partial charge on any atom is 0.253 e. The summed E-state index contributed by atoms with van der Waals surface area (Å²) in [4.78, 5) is 86.3. The summed E-state index contributed by atoms with van der Waals surface area (Å²) in [5.41, 5.74) is 3.21. The van der Waals surface area contributed by atoms with Gasteiger partial charge in [-0.3, -0.25) is 24.0 Å². The summed E-state index contributed by atoms with van der Waals surface area (Å²) in [7, 11) is 1.53. The third-order valence-corrected chi connectivity index (χ3v) is 14.0. The number of hydrogen-bond acceptors (Lipinski definition) is 10. The van der Waals surface area contributed by atoms with Gasteiger partial charge in [-0.1, -0.05) is 29.8 Å². The normalized spacial score (nSPS) is 19.2. The molecule has 4 fully saturated rings. The molecule has 3 amide bonds. The van der Waals surface area contributed by atoms with Crippen LogP contribution in [-0.4, -0.2) is 118 Å². The van der Waals surface area contributed by atoms with Crippen LogP contribution in [0.5, 0.6) is 17.2 Å². The summed E-state index contributed by atoms with van der Waals surface area (Å²) in [6.07, 6.45) is 10.1. The van der Waals surface area contributed by atoms with Gasteiger partial charge in [0.25, 0.3) is 5.91 Å². The Morgan fingerprint density at radius 1 is 0.815 bits per heavy atom. The van der Waals surface area contributed by atoms with E-state index in [2.05, 4.69) is 19.9 Å². The second kappa shape index (κ2) is 19.5. The van der Waals surface area contributed by atoms with Gasteiger partial charge in [-0.25, -0.2) is 9.97 Å². The summed E-state index contributed by atoms with van der Waals surface area (Å²) in [5.74, 6) is 1.77. The van der Waals surface area contributed by atoms with Gasteiger partial charge in [0.05, 0.1) is 40.9 Å². The van der Waals surface area contributed by atoms with Gasteiger partial charge in [-0.2, -0.15) is 0 Å². The number of hydrogen-bond donors (Lipinski definition) is 1. The molecule has 6 heterocycles. The third-order valence-electron chi connectivity index (χ3n) is 13.7. The van der Waals surface area contributed by atoms with Gasteiger partial charge in [0.1, 0.15) is 35.0 Å². The molecule has 0 radical (unpaired) electrons. The largest absolute Gasteiger partial charge is 0.495 e. The van der Waals surface area contributed by atoms with E-state index < -0.39 is 0 Å². The first-order chi connectivity index (χ1) is 31.6. The molecule has 9 rings (SSSR count). The van der Waals surface area contributed by atoms with Gasteiger partial charge in [0.15, 0.2) is 5.78 Å². The maximum absolute atomic E-state index is 14.0. The summed E-state index contributed by atoms with van der Waals surface area (Å²) < 4.78 is 11.4. The molecule has 0 spiro atoms. The lowest BCUT2D eigenvalue weighted by atomic mass is 9.89. The Hall–Kier alpha value is -6.12. The fourth-order valence-electron chi connectivity index (χ4n) is 10.1. The van der Waals surface area contributed by atoms with Crippen molar-refractivity contribution in [2.45, 2.75) is 70.3 Å². The number of ether oxygens (including phenoxy) is 2. The number of ketones is 2. The average molecular weight is 900 g/mol. The highest BCUT2D eigenvalue weighted by Gasteiger charge is 2.34. The van der Waals surface area contributed by atoms with E-state index in [0.717, 1.165) is 63.9 Å². The first-order valence-corrected chi connectivity index (χ1v) is 23.2. The van der Waals surface area contributed by atoms with E-state index in [0.29, 0.717) is 95.1 Å². The van der Waals surface area contributed by atoms with Crippen LogP contribution in [0, 0.1) is 11.8 Å². The van der Waals surface area contributed by atoms with Crippen LogP contribution in [0.3, 0.4) is 0 Å². The van der Waals surface area contributed by atoms with Crippen LogP contribution in [0.1, 0.15) is 89.8 Å². The number of benzene rings is 3. The Morgan fingerprint density at radius 2 is 1.62 bits per heavy atom. The molecule has 0 saturated carbocycles. The Balaban J connectivity index is 0.755. The molecule has 0 aliphatic carbocycles. The van der Waals surface area contributed by atoms with Gasteiger partial charge < -0.3 is 34.1 Å². The van der Waals surface area contributed by atoms with Crippen molar-refractivity contribution in [3.63, 3.8) is 0 Å². The Bertz CT molecular complexity index is 2590. The highest BCUT2D eigenvalue weighted by Crippen LogP contribution is 2.35. The lowest BCUT2D eigenvalue weighted by Crippen LogP contribution is -2.49. The molecular weight excluding hydrogens is 846 g/mol. The van der Waals surface area contributed by atoms with E-state index >= 15 is 0 Å². The van der Waals surface area contributed by atoms with Crippen molar-refractivity contribution in [1.29, 1.82) is 0 Å². The molecule has 0 bridgehead atoms. The molecule has 3 aromatic carbocycles. The number of H-pyrrole nitrogens is 1. The molecule has 1 N–H and O–H groups in total. The van der Waals surface area contributed by atoms with E-state index in [1.54, 1.807) is 47.5 Å². The summed E-state index contributed by atoms with van der Waals surface area (Å²) in [5, 5.41) is 0.970. The van der Waals surface area contributed by atoms with Crippen molar-refractivity contribution in [1.82, 2.24) is 29.7 Å². The number of nitrogens with zero attached hydrogens (tertiary/aromatic N) is 6.